The maximum absolute atomic E-state index is 13.1. The zero-order valence-corrected chi connectivity index (χ0v) is 14.2. The van der Waals surface area contributed by atoms with E-state index in [2.05, 4.69) is 0 Å². The van der Waals surface area contributed by atoms with Gasteiger partial charge in [-0.25, -0.2) is 0 Å². The first kappa shape index (κ1) is 16.3. The normalized spacial score (nSPS) is 19.6. The van der Waals surface area contributed by atoms with Gasteiger partial charge in [0.2, 0.25) is 0 Å². The van der Waals surface area contributed by atoms with Gasteiger partial charge in [0, 0.05) is 11.1 Å². The molecule has 0 bridgehead atoms. The van der Waals surface area contributed by atoms with Crippen molar-refractivity contribution in [2.24, 2.45) is 0 Å². The predicted molar refractivity (Wildman–Crippen MR) is 89.0 cm³/mol. The summed E-state index contributed by atoms with van der Waals surface area (Å²) < 4.78 is 21.9. The van der Waals surface area contributed by atoms with Crippen LogP contribution in [0.25, 0.3) is 0 Å². The topological polar surface area (TPSA) is 54.0 Å². The third-order valence-electron chi connectivity index (χ3n) is 4.47. The number of methoxy groups -OCH3 is 3. The molecule has 0 spiro atoms. The largest absolute Gasteiger partial charge is 0.497 e. The number of carbonyl (C=O) groups is 1. The van der Waals surface area contributed by atoms with Gasteiger partial charge < -0.3 is 18.9 Å². The Morgan fingerprint density at radius 1 is 0.958 bits per heavy atom. The van der Waals surface area contributed by atoms with Crippen LogP contribution in [0.4, 0.5) is 0 Å². The molecule has 1 heterocycles. The van der Waals surface area contributed by atoms with Crippen molar-refractivity contribution < 1.29 is 23.7 Å². The van der Waals surface area contributed by atoms with Crippen molar-refractivity contribution in [3.63, 3.8) is 0 Å². The van der Waals surface area contributed by atoms with Crippen LogP contribution in [0.5, 0.6) is 17.2 Å². The minimum atomic E-state index is -1.04. The zero-order valence-electron chi connectivity index (χ0n) is 14.2. The van der Waals surface area contributed by atoms with Crippen molar-refractivity contribution in [3.8, 4) is 17.2 Å². The summed E-state index contributed by atoms with van der Waals surface area (Å²) in [4.78, 5) is 13.1. The van der Waals surface area contributed by atoms with Gasteiger partial charge in [-0.1, -0.05) is 12.1 Å². The average Bonchev–Trinajstić information content (AvgIpc) is 2.63. The number of hydrogen-bond acceptors (Lipinski definition) is 5. The Balaban J connectivity index is 2.05. The van der Waals surface area contributed by atoms with Gasteiger partial charge in [-0.15, -0.1) is 0 Å². The molecule has 5 heteroatoms. The van der Waals surface area contributed by atoms with Crippen molar-refractivity contribution in [2.75, 3.05) is 21.3 Å². The van der Waals surface area contributed by atoms with Crippen molar-refractivity contribution >= 4 is 5.78 Å². The second-order valence-electron chi connectivity index (χ2n) is 5.71. The molecule has 24 heavy (non-hydrogen) atoms. The fourth-order valence-electron chi connectivity index (χ4n) is 3.01. The van der Waals surface area contributed by atoms with Gasteiger partial charge in [-0.3, -0.25) is 4.79 Å². The Bertz CT molecular complexity index is 766. The molecule has 1 unspecified atom stereocenters. The highest BCUT2D eigenvalue weighted by Crippen LogP contribution is 2.42. The molecule has 5 nitrogen and oxygen atoms in total. The summed E-state index contributed by atoms with van der Waals surface area (Å²) in [6.07, 6.45) is 0. The molecule has 0 aromatic heterocycles. The summed E-state index contributed by atoms with van der Waals surface area (Å²) in [6, 6.07) is 10.9. The Morgan fingerprint density at radius 2 is 1.67 bits per heavy atom. The van der Waals surface area contributed by atoms with Gasteiger partial charge in [-0.2, -0.15) is 0 Å². The molecule has 1 atom stereocenters. The lowest BCUT2D eigenvalue weighted by molar-refractivity contribution is -0.0361. The fourth-order valence-corrected chi connectivity index (χ4v) is 3.01. The fraction of sp³-hybridized carbons (Fsp3) is 0.316. The SMILES string of the molecule is COc1ccc(C2(C)OCc3c(ccc(OC)c3OC)C2=O)cc1. The van der Waals surface area contributed by atoms with E-state index in [1.54, 1.807) is 40.4 Å². The summed E-state index contributed by atoms with van der Waals surface area (Å²) in [5.74, 6) is 1.76. The lowest BCUT2D eigenvalue weighted by Crippen LogP contribution is -2.39. The van der Waals surface area contributed by atoms with Gasteiger partial charge in [0.05, 0.1) is 27.9 Å². The number of fused-ring (bicyclic) bond motifs is 1. The predicted octanol–water partition coefficient (Wildman–Crippen LogP) is 3.34. The van der Waals surface area contributed by atoms with Crippen LogP contribution < -0.4 is 14.2 Å². The van der Waals surface area contributed by atoms with E-state index in [9.17, 15) is 4.79 Å². The van der Waals surface area contributed by atoms with Crippen LogP contribution in [-0.4, -0.2) is 27.1 Å². The summed E-state index contributed by atoms with van der Waals surface area (Å²) in [7, 11) is 4.73. The van der Waals surface area contributed by atoms with Crippen molar-refractivity contribution in [2.45, 2.75) is 19.1 Å². The molecular formula is C19H20O5. The molecule has 1 aliphatic heterocycles. The van der Waals surface area contributed by atoms with Crippen LogP contribution >= 0.6 is 0 Å². The van der Waals surface area contributed by atoms with Crippen molar-refractivity contribution in [3.05, 3.63) is 53.1 Å². The smallest absolute Gasteiger partial charge is 0.199 e. The monoisotopic (exact) mass is 328 g/mol. The highest BCUT2D eigenvalue weighted by atomic mass is 16.5. The maximum Gasteiger partial charge on any atom is 0.199 e. The molecule has 1 aliphatic rings. The number of rotatable bonds is 4. The van der Waals surface area contributed by atoms with E-state index in [-0.39, 0.29) is 12.4 Å². The number of carbonyl (C=O) groups excluding carboxylic acids is 1. The molecule has 0 saturated carbocycles. The molecule has 2 aromatic rings. The van der Waals surface area contributed by atoms with E-state index in [4.69, 9.17) is 18.9 Å². The van der Waals surface area contributed by atoms with Crippen LogP contribution in [0.1, 0.15) is 28.4 Å². The summed E-state index contributed by atoms with van der Waals surface area (Å²) in [5.41, 5.74) is 1.05. The summed E-state index contributed by atoms with van der Waals surface area (Å²) in [5, 5.41) is 0. The number of benzene rings is 2. The zero-order chi connectivity index (χ0) is 17.3. The second-order valence-corrected chi connectivity index (χ2v) is 5.71. The summed E-state index contributed by atoms with van der Waals surface area (Å²) >= 11 is 0. The Hall–Kier alpha value is -2.53. The van der Waals surface area contributed by atoms with Crippen LogP contribution in [0.2, 0.25) is 0 Å². The van der Waals surface area contributed by atoms with Crippen molar-refractivity contribution in [1.82, 2.24) is 0 Å². The molecule has 0 radical (unpaired) electrons. The van der Waals surface area contributed by atoms with Gasteiger partial charge in [-0.05, 0) is 36.8 Å². The molecule has 2 aromatic carbocycles. The quantitative estimate of drug-likeness (QED) is 0.861. The number of ether oxygens (including phenoxy) is 4. The first-order valence-corrected chi connectivity index (χ1v) is 7.62. The molecule has 0 N–H and O–H groups in total. The standard InChI is InChI=1S/C19H20O5/c1-19(12-5-7-13(21-2)8-6-12)18(20)14-9-10-16(22-3)17(23-4)15(14)11-24-19/h5-10H,11H2,1-4H3. The lowest BCUT2D eigenvalue weighted by Gasteiger charge is -2.34. The van der Waals surface area contributed by atoms with E-state index in [1.807, 2.05) is 24.3 Å². The third-order valence-corrected chi connectivity index (χ3v) is 4.47. The minimum Gasteiger partial charge on any atom is -0.497 e. The van der Waals surface area contributed by atoms with Gasteiger partial charge >= 0.3 is 0 Å². The minimum absolute atomic E-state index is 0.102. The van der Waals surface area contributed by atoms with E-state index >= 15 is 0 Å². The van der Waals surface area contributed by atoms with Crippen LogP contribution in [0.15, 0.2) is 36.4 Å². The average molecular weight is 328 g/mol. The highest BCUT2D eigenvalue weighted by Gasteiger charge is 2.42. The highest BCUT2D eigenvalue weighted by molar-refractivity contribution is 6.05. The van der Waals surface area contributed by atoms with Crippen LogP contribution in [0, 0.1) is 0 Å². The van der Waals surface area contributed by atoms with Crippen LogP contribution in [0.3, 0.4) is 0 Å². The van der Waals surface area contributed by atoms with Gasteiger partial charge in [0.1, 0.15) is 5.75 Å². The molecule has 0 saturated heterocycles. The van der Waals surface area contributed by atoms with E-state index in [0.717, 1.165) is 11.3 Å². The van der Waals surface area contributed by atoms with Gasteiger partial charge in [0.25, 0.3) is 0 Å². The maximum atomic E-state index is 13.1. The van der Waals surface area contributed by atoms with Gasteiger partial charge in [0.15, 0.2) is 22.9 Å². The first-order valence-electron chi connectivity index (χ1n) is 7.62. The number of hydrogen-bond donors (Lipinski definition) is 0. The molecule has 0 aliphatic carbocycles. The van der Waals surface area contributed by atoms with E-state index in [0.29, 0.717) is 22.6 Å². The Kier molecular flexibility index (Phi) is 4.20. The Labute approximate surface area is 141 Å². The van der Waals surface area contributed by atoms with Crippen molar-refractivity contribution in [1.29, 1.82) is 0 Å². The van der Waals surface area contributed by atoms with Crippen LogP contribution in [-0.2, 0) is 16.9 Å². The number of ketones is 1. The van der Waals surface area contributed by atoms with E-state index < -0.39 is 5.60 Å². The molecule has 0 fully saturated rings. The Morgan fingerprint density at radius 3 is 2.25 bits per heavy atom. The molecule has 0 amide bonds. The first-order chi connectivity index (χ1) is 11.5. The second kappa shape index (κ2) is 6.17. The molecular weight excluding hydrogens is 308 g/mol. The lowest BCUT2D eigenvalue weighted by atomic mass is 9.83. The van der Waals surface area contributed by atoms with E-state index in [1.165, 1.54) is 0 Å². The third kappa shape index (κ3) is 2.41. The molecule has 126 valence electrons. The summed E-state index contributed by atoms with van der Waals surface area (Å²) in [6.45, 7) is 2.06. The number of Topliss-reactive ketones (excluding diaryl/α,β-unsaturated/α-hetero) is 1. The molecule has 3 rings (SSSR count).